The average Bonchev–Trinajstić information content (AvgIpc) is 2.39. The van der Waals surface area contributed by atoms with Crippen molar-refractivity contribution in [2.75, 3.05) is 6.54 Å². The number of hydrogen-bond acceptors (Lipinski definition) is 2. The summed E-state index contributed by atoms with van der Waals surface area (Å²) < 4.78 is 0. The molecule has 1 heterocycles. The number of rotatable bonds is 4. The van der Waals surface area contributed by atoms with Gasteiger partial charge in [0.05, 0.1) is 0 Å². The maximum Gasteiger partial charge on any atom is 0.0270 e. The van der Waals surface area contributed by atoms with E-state index in [-0.39, 0.29) is 0 Å². The van der Waals surface area contributed by atoms with E-state index in [1.807, 2.05) is 12.4 Å². The van der Waals surface area contributed by atoms with E-state index >= 15 is 0 Å². The predicted molar refractivity (Wildman–Crippen MR) is 70.9 cm³/mol. The van der Waals surface area contributed by atoms with Crippen LogP contribution < -0.4 is 5.73 Å². The maximum atomic E-state index is 5.88. The van der Waals surface area contributed by atoms with Gasteiger partial charge < -0.3 is 5.73 Å². The van der Waals surface area contributed by atoms with Crippen LogP contribution in [-0.4, -0.2) is 11.5 Å². The zero-order valence-electron chi connectivity index (χ0n) is 10.1. The molecule has 0 saturated heterocycles. The molecular weight excluding hydrogens is 208 g/mol. The Morgan fingerprint density at radius 1 is 1.12 bits per heavy atom. The third-order valence-corrected chi connectivity index (χ3v) is 3.19. The van der Waals surface area contributed by atoms with Crippen LogP contribution >= 0.6 is 0 Å². The van der Waals surface area contributed by atoms with E-state index in [0.29, 0.717) is 12.5 Å². The molecule has 2 heteroatoms. The standard InChI is InChI=1S/C15H18N2/c1-12-4-2-3-5-14(12)10-15(11-16)13-6-8-17-9-7-13/h2-9,15H,10-11,16H2,1H3. The summed E-state index contributed by atoms with van der Waals surface area (Å²) in [6.07, 6.45) is 4.65. The SMILES string of the molecule is Cc1ccccc1CC(CN)c1ccncc1. The van der Waals surface area contributed by atoms with Gasteiger partial charge in [-0.05, 0) is 48.7 Å². The van der Waals surface area contributed by atoms with Crippen LogP contribution in [0.25, 0.3) is 0 Å². The number of nitrogens with two attached hydrogens (primary N) is 1. The summed E-state index contributed by atoms with van der Waals surface area (Å²) in [4.78, 5) is 4.05. The lowest BCUT2D eigenvalue weighted by Crippen LogP contribution is -2.15. The molecule has 0 saturated carbocycles. The lowest BCUT2D eigenvalue weighted by atomic mass is 9.91. The predicted octanol–water partition coefficient (Wildman–Crippen LogP) is 2.68. The van der Waals surface area contributed by atoms with Gasteiger partial charge in [-0.2, -0.15) is 0 Å². The highest BCUT2D eigenvalue weighted by atomic mass is 14.6. The molecule has 1 aromatic carbocycles. The largest absolute Gasteiger partial charge is 0.330 e. The van der Waals surface area contributed by atoms with Crippen molar-refractivity contribution < 1.29 is 0 Å². The molecule has 0 bridgehead atoms. The molecule has 0 fully saturated rings. The van der Waals surface area contributed by atoms with Gasteiger partial charge in [0.1, 0.15) is 0 Å². The van der Waals surface area contributed by atoms with Crippen LogP contribution in [-0.2, 0) is 6.42 Å². The fourth-order valence-electron chi connectivity index (χ4n) is 2.08. The molecule has 2 nitrogen and oxygen atoms in total. The van der Waals surface area contributed by atoms with Crippen LogP contribution in [0.3, 0.4) is 0 Å². The zero-order chi connectivity index (χ0) is 12.1. The first-order chi connectivity index (χ1) is 8.31. The van der Waals surface area contributed by atoms with Gasteiger partial charge in [-0.25, -0.2) is 0 Å². The Bertz CT molecular complexity index is 465. The number of nitrogens with zero attached hydrogens (tertiary/aromatic N) is 1. The molecule has 2 aromatic rings. The number of aryl methyl sites for hydroxylation is 1. The van der Waals surface area contributed by atoms with Gasteiger partial charge in [0.2, 0.25) is 0 Å². The van der Waals surface area contributed by atoms with Crippen molar-refractivity contribution in [3.8, 4) is 0 Å². The summed E-state index contributed by atoms with van der Waals surface area (Å²) in [6.45, 7) is 2.81. The monoisotopic (exact) mass is 226 g/mol. The van der Waals surface area contributed by atoms with E-state index in [4.69, 9.17) is 5.73 Å². The average molecular weight is 226 g/mol. The van der Waals surface area contributed by atoms with Crippen LogP contribution in [0.2, 0.25) is 0 Å². The minimum atomic E-state index is 0.374. The third kappa shape index (κ3) is 2.92. The smallest absolute Gasteiger partial charge is 0.0270 e. The number of pyridine rings is 1. The van der Waals surface area contributed by atoms with E-state index in [1.54, 1.807) is 0 Å². The van der Waals surface area contributed by atoms with Gasteiger partial charge in [-0.3, -0.25) is 4.98 Å². The molecule has 88 valence electrons. The fraction of sp³-hybridized carbons (Fsp3) is 0.267. The first kappa shape index (κ1) is 11.8. The van der Waals surface area contributed by atoms with Gasteiger partial charge in [0, 0.05) is 18.3 Å². The van der Waals surface area contributed by atoms with Gasteiger partial charge >= 0.3 is 0 Å². The van der Waals surface area contributed by atoms with Crippen LogP contribution in [0.1, 0.15) is 22.6 Å². The van der Waals surface area contributed by atoms with E-state index in [0.717, 1.165) is 6.42 Å². The molecule has 17 heavy (non-hydrogen) atoms. The minimum Gasteiger partial charge on any atom is -0.330 e. The molecule has 0 spiro atoms. The lowest BCUT2D eigenvalue weighted by molar-refractivity contribution is 0.691. The van der Waals surface area contributed by atoms with Gasteiger partial charge in [0.25, 0.3) is 0 Å². The van der Waals surface area contributed by atoms with Crippen molar-refractivity contribution in [3.63, 3.8) is 0 Å². The highest BCUT2D eigenvalue weighted by molar-refractivity contribution is 5.29. The third-order valence-electron chi connectivity index (χ3n) is 3.19. The Hall–Kier alpha value is -1.67. The Morgan fingerprint density at radius 3 is 2.47 bits per heavy atom. The molecule has 1 atom stereocenters. The topological polar surface area (TPSA) is 38.9 Å². The molecule has 0 aliphatic rings. The number of hydrogen-bond donors (Lipinski definition) is 1. The second-order valence-corrected chi connectivity index (χ2v) is 4.34. The molecule has 2 rings (SSSR count). The maximum absolute atomic E-state index is 5.88. The van der Waals surface area contributed by atoms with Gasteiger partial charge in [-0.15, -0.1) is 0 Å². The van der Waals surface area contributed by atoms with Crippen molar-refractivity contribution >= 4 is 0 Å². The lowest BCUT2D eigenvalue weighted by Gasteiger charge is -2.16. The van der Waals surface area contributed by atoms with E-state index in [9.17, 15) is 0 Å². The molecule has 1 unspecified atom stereocenters. The Labute approximate surface area is 103 Å². The van der Waals surface area contributed by atoms with Crippen LogP contribution in [0.4, 0.5) is 0 Å². The van der Waals surface area contributed by atoms with Crippen LogP contribution in [0.15, 0.2) is 48.8 Å². The summed E-state index contributed by atoms with van der Waals surface area (Å²) in [5.74, 6) is 0.374. The quantitative estimate of drug-likeness (QED) is 0.870. The number of benzene rings is 1. The normalized spacial score (nSPS) is 12.4. The molecule has 0 radical (unpaired) electrons. The van der Waals surface area contributed by atoms with E-state index < -0.39 is 0 Å². The molecular formula is C15H18N2. The second-order valence-electron chi connectivity index (χ2n) is 4.34. The van der Waals surface area contributed by atoms with E-state index in [1.165, 1.54) is 16.7 Å². The Morgan fingerprint density at radius 2 is 1.82 bits per heavy atom. The Kier molecular flexibility index (Phi) is 3.89. The summed E-state index contributed by atoms with van der Waals surface area (Å²) >= 11 is 0. The summed E-state index contributed by atoms with van der Waals surface area (Å²) in [7, 11) is 0. The second kappa shape index (κ2) is 5.60. The number of aromatic nitrogens is 1. The molecule has 0 aliphatic carbocycles. The Balaban J connectivity index is 2.19. The molecule has 0 amide bonds. The summed E-state index contributed by atoms with van der Waals surface area (Å²) in [5.41, 5.74) is 9.86. The first-order valence-electron chi connectivity index (χ1n) is 5.95. The van der Waals surface area contributed by atoms with Crippen molar-refractivity contribution in [2.24, 2.45) is 5.73 Å². The van der Waals surface area contributed by atoms with Crippen molar-refractivity contribution in [1.29, 1.82) is 0 Å². The first-order valence-corrected chi connectivity index (χ1v) is 5.95. The zero-order valence-corrected chi connectivity index (χ0v) is 10.1. The molecule has 1 aromatic heterocycles. The summed E-state index contributed by atoms with van der Waals surface area (Å²) in [5, 5.41) is 0. The van der Waals surface area contributed by atoms with E-state index in [2.05, 4.69) is 48.3 Å². The molecule has 0 aliphatic heterocycles. The van der Waals surface area contributed by atoms with Crippen molar-refractivity contribution in [3.05, 3.63) is 65.5 Å². The van der Waals surface area contributed by atoms with Gasteiger partial charge in [-0.1, -0.05) is 24.3 Å². The highest BCUT2D eigenvalue weighted by Crippen LogP contribution is 2.21. The van der Waals surface area contributed by atoms with Gasteiger partial charge in [0.15, 0.2) is 0 Å². The fourth-order valence-corrected chi connectivity index (χ4v) is 2.08. The highest BCUT2D eigenvalue weighted by Gasteiger charge is 2.11. The minimum absolute atomic E-state index is 0.374. The van der Waals surface area contributed by atoms with Crippen molar-refractivity contribution in [2.45, 2.75) is 19.3 Å². The summed E-state index contributed by atoms with van der Waals surface area (Å²) in [6, 6.07) is 12.6. The molecule has 2 N–H and O–H groups in total. The van der Waals surface area contributed by atoms with Crippen LogP contribution in [0.5, 0.6) is 0 Å². The van der Waals surface area contributed by atoms with Crippen molar-refractivity contribution in [1.82, 2.24) is 4.98 Å². The van der Waals surface area contributed by atoms with Crippen LogP contribution in [0, 0.1) is 6.92 Å².